The van der Waals surface area contributed by atoms with Crippen molar-refractivity contribution in [1.29, 1.82) is 0 Å². The fourth-order valence-electron chi connectivity index (χ4n) is 1.03. The Morgan fingerprint density at radius 2 is 2.23 bits per heavy atom. The van der Waals surface area contributed by atoms with Gasteiger partial charge in [-0.3, -0.25) is 0 Å². The molecule has 0 saturated carbocycles. The molecule has 0 bridgehead atoms. The van der Waals surface area contributed by atoms with Crippen molar-refractivity contribution in [2.75, 3.05) is 7.11 Å². The van der Waals surface area contributed by atoms with Gasteiger partial charge >= 0.3 is 0 Å². The van der Waals surface area contributed by atoms with Crippen LogP contribution in [-0.4, -0.2) is 12.8 Å². The molecule has 0 unspecified atom stereocenters. The second-order valence-corrected chi connectivity index (χ2v) is 3.62. The molecule has 0 N–H and O–H groups in total. The van der Waals surface area contributed by atoms with Crippen molar-refractivity contribution in [2.45, 2.75) is 6.92 Å². The topological polar surface area (TPSA) is 21.6 Å². The first-order chi connectivity index (χ1) is 6.16. The van der Waals surface area contributed by atoms with E-state index in [1.54, 1.807) is 13.0 Å². The van der Waals surface area contributed by atoms with Crippen LogP contribution in [0.3, 0.4) is 0 Å². The Morgan fingerprint density at radius 3 is 2.77 bits per heavy atom. The van der Waals surface area contributed by atoms with Crippen molar-refractivity contribution in [2.24, 2.45) is 5.16 Å². The van der Waals surface area contributed by atoms with Crippen LogP contribution in [0.2, 0.25) is 0 Å². The summed E-state index contributed by atoms with van der Waals surface area (Å²) in [6.45, 7) is 1.71. The van der Waals surface area contributed by atoms with Crippen LogP contribution in [0.15, 0.2) is 23.4 Å². The summed E-state index contributed by atoms with van der Waals surface area (Å²) in [5.41, 5.74) is 1.05. The number of hydrogen-bond acceptors (Lipinski definition) is 2. The van der Waals surface area contributed by atoms with Gasteiger partial charge in [-0.25, -0.2) is 4.39 Å². The monoisotopic (exact) mass is 293 g/mol. The van der Waals surface area contributed by atoms with Crippen molar-refractivity contribution in [3.05, 3.63) is 33.1 Å². The molecule has 0 aliphatic carbocycles. The van der Waals surface area contributed by atoms with E-state index < -0.39 is 0 Å². The average molecular weight is 293 g/mol. The molecule has 70 valence electrons. The van der Waals surface area contributed by atoms with Crippen LogP contribution in [0, 0.1) is 9.39 Å². The summed E-state index contributed by atoms with van der Waals surface area (Å²) >= 11 is 2.06. The SMILES string of the molecule is CO/N=C(\C)c1c(F)cccc1I. The van der Waals surface area contributed by atoms with Crippen LogP contribution in [-0.2, 0) is 4.84 Å². The summed E-state index contributed by atoms with van der Waals surface area (Å²) < 4.78 is 14.1. The van der Waals surface area contributed by atoms with Gasteiger partial charge in [-0.2, -0.15) is 0 Å². The quantitative estimate of drug-likeness (QED) is 0.467. The van der Waals surface area contributed by atoms with Crippen molar-refractivity contribution in [3.8, 4) is 0 Å². The molecule has 0 heterocycles. The first kappa shape index (κ1) is 10.4. The lowest BCUT2D eigenvalue weighted by molar-refractivity contribution is 0.213. The van der Waals surface area contributed by atoms with E-state index >= 15 is 0 Å². The summed E-state index contributed by atoms with van der Waals surface area (Å²) in [6.07, 6.45) is 0. The molecule has 1 rings (SSSR count). The largest absolute Gasteiger partial charge is 0.399 e. The van der Waals surface area contributed by atoms with Crippen molar-refractivity contribution >= 4 is 28.3 Å². The summed E-state index contributed by atoms with van der Waals surface area (Å²) in [5, 5.41) is 3.69. The molecule has 0 aliphatic heterocycles. The third-order valence-corrected chi connectivity index (χ3v) is 2.45. The van der Waals surface area contributed by atoms with Gasteiger partial charge in [-0.1, -0.05) is 11.2 Å². The van der Waals surface area contributed by atoms with Gasteiger partial charge in [0, 0.05) is 9.13 Å². The number of halogens is 2. The second-order valence-electron chi connectivity index (χ2n) is 2.46. The lowest BCUT2D eigenvalue weighted by Gasteiger charge is -2.03. The standard InChI is InChI=1S/C9H9FINO/c1-6(12-13-2)9-7(10)4-3-5-8(9)11/h3-5H,1-2H3/b12-6+. The Balaban J connectivity index is 3.20. The number of oxime groups is 1. The second kappa shape index (κ2) is 4.55. The molecule has 2 nitrogen and oxygen atoms in total. The minimum atomic E-state index is -0.273. The van der Waals surface area contributed by atoms with Crippen LogP contribution in [0.1, 0.15) is 12.5 Å². The zero-order chi connectivity index (χ0) is 9.84. The highest BCUT2D eigenvalue weighted by Gasteiger charge is 2.09. The van der Waals surface area contributed by atoms with Gasteiger partial charge in [0.2, 0.25) is 0 Å². The highest BCUT2D eigenvalue weighted by molar-refractivity contribution is 14.1. The molecule has 0 saturated heterocycles. The summed E-state index contributed by atoms with van der Waals surface area (Å²) in [4.78, 5) is 4.59. The van der Waals surface area contributed by atoms with Crippen LogP contribution < -0.4 is 0 Å². The molecular formula is C9H9FINO. The van der Waals surface area contributed by atoms with E-state index in [9.17, 15) is 4.39 Å². The highest BCUT2D eigenvalue weighted by Crippen LogP contribution is 2.16. The van der Waals surface area contributed by atoms with Gasteiger partial charge in [0.25, 0.3) is 0 Å². The van der Waals surface area contributed by atoms with Crippen molar-refractivity contribution < 1.29 is 9.23 Å². The molecule has 0 fully saturated rings. The lowest BCUT2D eigenvalue weighted by Crippen LogP contribution is -2.02. The maximum atomic E-state index is 13.3. The maximum Gasteiger partial charge on any atom is 0.133 e. The van der Waals surface area contributed by atoms with E-state index in [0.717, 1.165) is 3.57 Å². The number of rotatable bonds is 2. The lowest BCUT2D eigenvalue weighted by atomic mass is 10.1. The third kappa shape index (κ3) is 2.40. The molecule has 0 aromatic heterocycles. The number of benzene rings is 1. The van der Waals surface area contributed by atoms with E-state index in [1.807, 2.05) is 6.07 Å². The molecule has 0 amide bonds. The van der Waals surface area contributed by atoms with E-state index in [-0.39, 0.29) is 5.82 Å². The Bertz CT molecular complexity index is 318. The molecule has 0 atom stereocenters. The molecule has 0 radical (unpaired) electrons. The molecule has 1 aromatic rings. The zero-order valence-corrected chi connectivity index (χ0v) is 9.50. The van der Waals surface area contributed by atoms with Crippen LogP contribution in [0.5, 0.6) is 0 Å². The maximum absolute atomic E-state index is 13.3. The molecule has 0 aliphatic rings. The minimum absolute atomic E-state index is 0.273. The smallest absolute Gasteiger partial charge is 0.133 e. The summed E-state index contributed by atoms with van der Waals surface area (Å²) in [5.74, 6) is -0.273. The average Bonchev–Trinajstić information content (AvgIpc) is 2.04. The Hall–Kier alpha value is -0.650. The predicted octanol–water partition coefficient (Wildman–Crippen LogP) is 2.80. The normalized spacial score (nSPS) is 11.5. The summed E-state index contributed by atoms with van der Waals surface area (Å²) in [7, 11) is 1.44. The van der Waals surface area contributed by atoms with E-state index in [0.29, 0.717) is 11.3 Å². The molecule has 13 heavy (non-hydrogen) atoms. The first-order valence-corrected chi connectivity index (χ1v) is 4.77. The minimum Gasteiger partial charge on any atom is -0.399 e. The molecule has 1 aromatic carbocycles. The van der Waals surface area contributed by atoms with Crippen molar-refractivity contribution in [3.63, 3.8) is 0 Å². The number of nitrogens with zero attached hydrogens (tertiary/aromatic N) is 1. The molecule has 4 heteroatoms. The van der Waals surface area contributed by atoms with E-state index in [4.69, 9.17) is 0 Å². The van der Waals surface area contributed by atoms with Gasteiger partial charge in [0.15, 0.2) is 0 Å². The van der Waals surface area contributed by atoms with Gasteiger partial charge in [-0.15, -0.1) is 0 Å². The van der Waals surface area contributed by atoms with E-state index in [2.05, 4.69) is 32.6 Å². The third-order valence-electron chi connectivity index (χ3n) is 1.55. The van der Waals surface area contributed by atoms with Gasteiger partial charge < -0.3 is 4.84 Å². The first-order valence-electron chi connectivity index (χ1n) is 3.69. The van der Waals surface area contributed by atoms with Crippen LogP contribution in [0.4, 0.5) is 4.39 Å². The van der Waals surface area contributed by atoms with Gasteiger partial charge in [-0.05, 0) is 41.6 Å². The fourth-order valence-corrected chi connectivity index (χ4v) is 1.88. The van der Waals surface area contributed by atoms with Gasteiger partial charge in [0.05, 0.1) is 5.71 Å². The Labute approximate surface area is 89.9 Å². The van der Waals surface area contributed by atoms with Gasteiger partial charge in [0.1, 0.15) is 12.9 Å². The van der Waals surface area contributed by atoms with Crippen molar-refractivity contribution in [1.82, 2.24) is 0 Å². The summed E-state index contributed by atoms with van der Waals surface area (Å²) in [6, 6.07) is 4.90. The highest BCUT2D eigenvalue weighted by atomic mass is 127. The van der Waals surface area contributed by atoms with Crippen LogP contribution >= 0.6 is 22.6 Å². The Morgan fingerprint density at radius 1 is 1.54 bits per heavy atom. The number of hydrogen-bond donors (Lipinski definition) is 0. The van der Waals surface area contributed by atoms with E-state index in [1.165, 1.54) is 13.2 Å². The zero-order valence-electron chi connectivity index (χ0n) is 7.34. The predicted molar refractivity (Wildman–Crippen MR) is 58.3 cm³/mol. The Kier molecular flexibility index (Phi) is 3.65. The molecule has 0 spiro atoms. The molecular weight excluding hydrogens is 284 g/mol. The van der Waals surface area contributed by atoms with Crippen LogP contribution in [0.25, 0.3) is 0 Å². The fraction of sp³-hybridized carbons (Fsp3) is 0.222.